The van der Waals surface area contributed by atoms with E-state index in [1.54, 1.807) is 20.3 Å². The minimum absolute atomic E-state index is 0.426. The lowest BCUT2D eigenvalue weighted by Gasteiger charge is -2.35. The topological polar surface area (TPSA) is 37.8 Å². The number of hydrogen-bond acceptors (Lipinski definition) is 5. The van der Waals surface area contributed by atoms with Gasteiger partial charge in [0.2, 0.25) is 0 Å². The first-order valence-corrected chi connectivity index (χ1v) is 7.71. The molecule has 0 radical (unpaired) electrons. The van der Waals surface area contributed by atoms with Crippen LogP contribution in [0, 0.1) is 0 Å². The zero-order valence-corrected chi connectivity index (χ0v) is 13.8. The van der Waals surface area contributed by atoms with Gasteiger partial charge in [-0.05, 0) is 19.2 Å². The van der Waals surface area contributed by atoms with E-state index in [4.69, 9.17) is 9.47 Å². The normalized spacial score (nSPS) is 15.9. The lowest BCUT2D eigenvalue weighted by atomic mass is 10.1. The van der Waals surface area contributed by atoms with Gasteiger partial charge in [-0.2, -0.15) is 0 Å². The summed E-state index contributed by atoms with van der Waals surface area (Å²) in [7, 11) is 5.33. The van der Waals surface area contributed by atoms with Gasteiger partial charge in [-0.15, -0.1) is 0 Å². The third-order valence-electron chi connectivity index (χ3n) is 4.32. The first-order chi connectivity index (χ1) is 11.2. The van der Waals surface area contributed by atoms with Crippen LogP contribution in [-0.2, 0) is 6.67 Å². The third-order valence-corrected chi connectivity index (χ3v) is 4.32. The maximum atomic E-state index is 13.3. The Bertz CT molecular complexity index is 700. The molecule has 3 rings (SSSR count). The first-order valence-electron chi connectivity index (χ1n) is 7.71. The van der Waals surface area contributed by atoms with Crippen molar-refractivity contribution >= 4 is 16.6 Å². The fourth-order valence-corrected chi connectivity index (χ4v) is 2.96. The molecule has 1 fully saturated rings. The minimum atomic E-state index is -0.591. The number of methoxy groups -OCH3 is 2. The predicted octanol–water partition coefficient (Wildman–Crippen LogP) is 2.47. The lowest BCUT2D eigenvalue weighted by molar-refractivity contribution is 0.313. The second kappa shape index (κ2) is 6.58. The molecule has 0 aliphatic carbocycles. The maximum absolute atomic E-state index is 13.3. The molecule has 1 saturated heterocycles. The molecule has 0 amide bonds. The summed E-state index contributed by atoms with van der Waals surface area (Å²) < 4.78 is 24.1. The van der Waals surface area contributed by atoms with Crippen LogP contribution in [0.1, 0.15) is 5.69 Å². The molecule has 1 aliphatic rings. The molecule has 1 aromatic heterocycles. The number of nitrogens with zero attached hydrogens (tertiary/aromatic N) is 3. The van der Waals surface area contributed by atoms with Gasteiger partial charge in [0.15, 0.2) is 0 Å². The van der Waals surface area contributed by atoms with Crippen LogP contribution in [0.25, 0.3) is 10.9 Å². The van der Waals surface area contributed by atoms with E-state index in [1.807, 2.05) is 12.1 Å². The molecule has 0 atom stereocenters. The van der Waals surface area contributed by atoms with Gasteiger partial charge in [-0.25, -0.2) is 9.37 Å². The molecule has 6 heteroatoms. The van der Waals surface area contributed by atoms with E-state index in [-0.39, 0.29) is 0 Å². The fourth-order valence-electron chi connectivity index (χ4n) is 2.96. The van der Waals surface area contributed by atoms with Crippen LogP contribution in [0.5, 0.6) is 11.5 Å². The summed E-state index contributed by atoms with van der Waals surface area (Å²) in [6.45, 7) is 3.18. The molecule has 23 heavy (non-hydrogen) atoms. The van der Waals surface area contributed by atoms with Crippen LogP contribution in [0.2, 0.25) is 0 Å². The number of rotatable bonds is 4. The number of piperazine rings is 1. The van der Waals surface area contributed by atoms with Crippen molar-refractivity contribution in [3.63, 3.8) is 0 Å². The summed E-state index contributed by atoms with van der Waals surface area (Å²) in [6.07, 6.45) is 0. The summed E-state index contributed by atoms with van der Waals surface area (Å²) in [6, 6.07) is 5.57. The van der Waals surface area contributed by atoms with Crippen LogP contribution in [0.3, 0.4) is 0 Å². The zero-order valence-electron chi connectivity index (χ0n) is 13.8. The summed E-state index contributed by atoms with van der Waals surface area (Å²) in [4.78, 5) is 8.99. The Labute approximate surface area is 135 Å². The number of aromatic nitrogens is 1. The molecule has 0 unspecified atom stereocenters. The highest BCUT2D eigenvalue weighted by Crippen LogP contribution is 2.36. The van der Waals surface area contributed by atoms with Crippen molar-refractivity contribution in [1.29, 1.82) is 0 Å². The van der Waals surface area contributed by atoms with Gasteiger partial charge in [-0.3, -0.25) is 0 Å². The van der Waals surface area contributed by atoms with E-state index in [1.165, 1.54) is 0 Å². The number of fused-ring (bicyclic) bond motifs is 1. The fraction of sp³-hybridized carbons (Fsp3) is 0.471. The van der Waals surface area contributed by atoms with Crippen molar-refractivity contribution in [3.05, 3.63) is 23.9 Å². The van der Waals surface area contributed by atoms with Gasteiger partial charge in [0, 0.05) is 43.3 Å². The highest BCUT2D eigenvalue weighted by atomic mass is 19.1. The van der Waals surface area contributed by atoms with Crippen LogP contribution in [0.4, 0.5) is 10.1 Å². The molecule has 1 aliphatic heterocycles. The van der Waals surface area contributed by atoms with Crippen molar-refractivity contribution < 1.29 is 13.9 Å². The lowest BCUT2D eigenvalue weighted by Crippen LogP contribution is -2.44. The second-order valence-electron chi connectivity index (χ2n) is 5.78. The van der Waals surface area contributed by atoms with E-state index < -0.39 is 6.67 Å². The van der Waals surface area contributed by atoms with Crippen molar-refractivity contribution in [3.8, 4) is 11.5 Å². The first kappa shape index (κ1) is 15.8. The SMILES string of the molecule is COc1cc(OC)c2nc(CF)cc(N3CCN(C)CC3)c2c1. The number of alkyl halides is 1. The van der Waals surface area contributed by atoms with Gasteiger partial charge >= 0.3 is 0 Å². The van der Waals surface area contributed by atoms with Gasteiger partial charge in [0.1, 0.15) is 23.7 Å². The highest BCUT2D eigenvalue weighted by molar-refractivity contribution is 5.96. The van der Waals surface area contributed by atoms with Crippen LogP contribution in [0.15, 0.2) is 18.2 Å². The average Bonchev–Trinajstić information content (AvgIpc) is 2.60. The number of ether oxygens (including phenoxy) is 2. The molecule has 0 saturated carbocycles. The van der Waals surface area contributed by atoms with E-state index >= 15 is 0 Å². The van der Waals surface area contributed by atoms with E-state index in [2.05, 4.69) is 21.8 Å². The van der Waals surface area contributed by atoms with E-state index in [0.29, 0.717) is 22.7 Å². The smallest absolute Gasteiger partial charge is 0.148 e. The van der Waals surface area contributed by atoms with Crippen molar-refractivity contribution in [2.24, 2.45) is 0 Å². The number of anilines is 1. The minimum Gasteiger partial charge on any atom is -0.497 e. The molecule has 1 aromatic carbocycles. The molecular weight excluding hydrogens is 297 g/mol. The Morgan fingerprint density at radius 3 is 2.43 bits per heavy atom. The molecule has 2 aromatic rings. The molecule has 2 heterocycles. The number of pyridine rings is 1. The number of hydrogen-bond donors (Lipinski definition) is 0. The van der Waals surface area contributed by atoms with Gasteiger partial charge < -0.3 is 19.3 Å². The summed E-state index contributed by atoms with van der Waals surface area (Å²) in [5.74, 6) is 1.31. The molecule has 0 N–H and O–H groups in total. The third kappa shape index (κ3) is 3.03. The Kier molecular flexibility index (Phi) is 4.52. The molecule has 5 nitrogen and oxygen atoms in total. The van der Waals surface area contributed by atoms with Crippen molar-refractivity contribution in [2.45, 2.75) is 6.67 Å². The van der Waals surface area contributed by atoms with E-state index in [9.17, 15) is 4.39 Å². The summed E-state index contributed by atoms with van der Waals surface area (Å²) in [5, 5.41) is 0.933. The summed E-state index contributed by atoms with van der Waals surface area (Å²) in [5.41, 5.74) is 2.10. The van der Waals surface area contributed by atoms with Gasteiger partial charge in [-0.1, -0.05) is 0 Å². The van der Waals surface area contributed by atoms with Crippen molar-refractivity contribution in [1.82, 2.24) is 9.88 Å². The molecule has 124 valence electrons. The molecular formula is C17H22FN3O2. The second-order valence-corrected chi connectivity index (χ2v) is 5.78. The Morgan fingerprint density at radius 2 is 1.83 bits per heavy atom. The highest BCUT2D eigenvalue weighted by Gasteiger charge is 2.20. The van der Waals surface area contributed by atoms with Crippen LogP contribution < -0.4 is 14.4 Å². The number of halogens is 1. The Balaban J connectivity index is 2.17. The Morgan fingerprint density at radius 1 is 1.09 bits per heavy atom. The van der Waals surface area contributed by atoms with Crippen LogP contribution in [-0.4, -0.2) is 57.3 Å². The standard InChI is InChI=1S/C17H22FN3O2/c1-20-4-6-21(7-5-20)15-8-12(11-18)19-17-14(15)9-13(22-2)10-16(17)23-3/h8-10H,4-7,11H2,1-3H3. The monoisotopic (exact) mass is 319 g/mol. The predicted molar refractivity (Wildman–Crippen MR) is 89.4 cm³/mol. The largest absolute Gasteiger partial charge is 0.497 e. The number of likely N-dealkylation sites (N-methyl/N-ethyl adjacent to an activating group) is 1. The van der Waals surface area contributed by atoms with Crippen molar-refractivity contribution in [2.75, 3.05) is 52.3 Å². The Hall–Kier alpha value is -2.08. The van der Waals surface area contributed by atoms with E-state index in [0.717, 1.165) is 37.3 Å². The van der Waals surface area contributed by atoms with Gasteiger partial charge in [0.25, 0.3) is 0 Å². The quantitative estimate of drug-likeness (QED) is 0.865. The maximum Gasteiger partial charge on any atom is 0.148 e. The molecule has 0 bridgehead atoms. The zero-order chi connectivity index (χ0) is 16.4. The average molecular weight is 319 g/mol. The summed E-state index contributed by atoms with van der Waals surface area (Å²) >= 11 is 0. The van der Waals surface area contributed by atoms with Crippen LogP contribution >= 0.6 is 0 Å². The number of benzene rings is 1. The molecule has 0 spiro atoms. The van der Waals surface area contributed by atoms with Gasteiger partial charge in [0.05, 0.1) is 19.9 Å².